The fourth-order valence-corrected chi connectivity index (χ4v) is 1.00. The molecular weight excluding hydrogens is 196 g/mol. The van der Waals surface area contributed by atoms with Crippen molar-refractivity contribution in [3.05, 3.63) is 24.3 Å². The molecule has 1 aromatic carbocycles. The first-order valence-electron chi connectivity index (χ1n) is 4.50. The summed E-state index contributed by atoms with van der Waals surface area (Å²) in [5.41, 5.74) is -1.35. The van der Waals surface area contributed by atoms with Gasteiger partial charge in [0.25, 0.3) is 0 Å². The third-order valence-electron chi connectivity index (χ3n) is 1.91. The van der Waals surface area contributed by atoms with E-state index in [0.29, 0.717) is 11.5 Å². The monoisotopic (exact) mass is 209 g/mol. The van der Waals surface area contributed by atoms with Crippen molar-refractivity contribution < 1.29 is 19.4 Å². The molecule has 0 unspecified atom stereocenters. The van der Waals surface area contributed by atoms with Crippen molar-refractivity contribution in [2.75, 3.05) is 7.11 Å². The number of carboxylic acids is 1. The molecule has 82 valence electrons. The van der Waals surface area contributed by atoms with E-state index in [4.69, 9.17) is 9.47 Å². The van der Waals surface area contributed by atoms with Crippen molar-refractivity contribution in [1.82, 2.24) is 0 Å². The van der Waals surface area contributed by atoms with Crippen molar-refractivity contribution in [2.45, 2.75) is 19.4 Å². The molecule has 0 bridgehead atoms. The Morgan fingerprint density at radius 1 is 1.33 bits per heavy atom. The molecule has 0 atom stereocenters. The SMILES string of the molecule is COc1cccc(OC(C)(C)C(=O)[O-])c1. The minimum atomic E-state index is -1.35. The minimum absolute atomic E-state index is 0.434. The third-order valence-corrected chi connectivity index (χ3v) is 1.91. The predicted molar refractivity (Wildman–Crippen MR) is 52.7 cm³/mol. The molecule has 1 rings (SSSR count). The van der Waals surface area contributed by atoms with Gasteiger partial charge < -0.3 is 19.4 Å². The van der Waals surface area contributed by atoms with E-state index in [2.05, 4.69) is 0 Å². The molecular formula is C11H13O4-. The molecule has 0 radical (unpaired) electrons. The Bertz CT molecular complexity index is 357. The molecule has 1 aromatic rings. The van der Waals surface area contributed by atoms with Crippen molar-refractivity contribution in [3.8, 4) is 11.5 Å². The van der Waals surface area contributed by atoms with Gasteiger partial charge >= 0.3 is 0 Å². The largest absolute Gasteiger partial charge is 0.546 e. The first-order chi connectivity index (χ1) is 6.95. The summed E-state index contributed by atoms with van der Waals surface area (Å²) in [7, 11) is 1.53. The van der Waals surface area contributed by atoms with E-state index in [1.54, 1.807) is 24.3 Å². The molecule has 0 spiro atoms. The zero-order valence-corrected chi connectivity index (χ0v) is 8.94. The highest BCUT2D eigenvalue weighted by Gasteiger charge is 2.21. The molecule has 0 fully saturated rings. The van der Waals surface area contributed by atoms with E-state index >= 15 is 0 Å². The lowest BCUT2D eigenvalue weighted by Gasteiger charge is -2.27. The normalized spacial score (nSPS) is 10.9. The lowest BCUT2D eigenvalue weighted by molar-refractivity contribution is -0.320. The van der Waals surface area contributed by atoms with Gasteiger partial charge in [0.1, 0.15) is 17.1 Å². The number of ether oxygens (including phenoxy) is 2. The van der Waals surface area contributed by atoms with Gasteiger partial charge in [-0.3, -0.25) is 0 Å². The van der Waals surface area contributed by atoms with Crippen LogP contribution in [0, 0.1) is 0 Å². The summed E-state index contributed by atoms with van der Waals surface area (Å²) in [6.07, 6.45) is 0. The van der Waals surface area contributed by atoms with Crippen molar-refractivity contribution in [1.29, 1.82) is 0 Å². The van der Waals surface area contributed by atoms with Crippen molar-refractivity contribution in [3.63, 3.8) is 0 Å². The Kier molecular flexibility index (Phi) is 3.19. The Balaban J connectivity index is 2.85. The Labute approximate surface area is 88.4 Å². The van der Waals surface area contributed by atoms with Crippen LogP contribution in [0.1, 0.15) is 13.8 Å². The van der Waals surface area contributed by atoms with E-state index < -0.39 is 11.6 Å². The summed E-state index contributed by atoms with van der Waals surface area (Å²) in [5.74, 6) is -0.212. The van der Waals surface area contributed by atoms with Gasteiger partial charge in [-0.05, 0) is 26.0 Å². The van der Waals surface area contributed by atoms with Crippen LogP contribution in [0.3, 0.4) is 0 Å². The zero-order chi connectivity index (χ0) is 11.5. The van der Waals surface area contributed by atoms with E-state index in [0.717, 1.165) is 0 Å². The lowest BCUT2D eigenvalue weighted by atomic mass is 10.1. The van der Waals surface area contributed by atoms with E-state index in [1.807, 2.05) is 0 Å². The first-order valence-corrected chi connectivity index (χ1v) is 4.50. The summed E-state index contributed by atoms with van der Waals surface area (Å²) in [5, 5.41) is 10.7. The average molecular weight is 209 g/mol. The number of hydrogen-bond acceptors (Lipinski definition) is 4. The number of benzene rings is 1. The van der Waals surface area contributed by atoms with Gasteiger partial charge in [-0.15, -0.1) is 0 Å². The Morgan fingerprint density at radius 3 is 2.47 bits per heavy atom. The fraction of sp³-hybridized carbons (Fsp3) is 0.364. The predicted octanol–water partition coefficient (Wildman–Crippen LogP) is 0.602. The van der Waals surface area contributed by atoms with E-state index in [1.165, 1.54) is 21.0 Å². The van der Waals surface area contributed by atoms with Crippen LogP contribution < -0.4 is 14.6 Å². The standard InChI is InChI=1S/C11H14O4/c1-11(2,10(12)13)15-9-6-4-5-8(7-9)14-3/h4-7H,1-3H3,(H,12,13)/p-1. The summed E-state index contributed by atoms with van der Waals surface area (Å²) >= 11 is 0. The van der Waals surface area contributed by atoms with Crippen LogP contribution in [0.15, 0.2) is 24.3 Å². The molecule has 0 aliphatic heterocycles. The second-order valence-electron chi connectivity index (χ2n) is 3.58. The van der Waals surface area contributed by atoms with Crippen LogP contribution in [0.25, 0.3) is 0 Å². The van der Waals surface area contributed by atoms with Crippen molar-refractivity contribution >= 4 is 5.97 Å². The second-order valence-corrected chi connectivity index (χ2v) is 3.58. The maximum atomic E-state index is 10.7. The van der Waals surface area contributed by atoms with Crippen LogP contribution >= 0.6 is 0 Å². The fourth-order valence-electron chi connectivity index (χ4n) is 1.00. The Hall–Kier alpha value is -1.71. The molecule has 15 heavy (non-hydrogen) atoms. The maximum Gasteiger partial charge on any atom is 0.143 e. The molecule has 0 saturated carbocycles. The average Bonchev–Trinajstić information content (AvgIpc) is 2.17. The molecule has 4 nitrogen and oxygen atoms in total. The molecule has 4 heteroatoms. The molecule has 0 aromatic heterocycles. The topological polar surface area (TPSA) is 58.6 Å². The van der Waals surface area contributed by atoms with Gasteiger partial charge in [0.05, 0.1) is 13.1 Å². The minimum Gasteiger partial charge on any atom is -0.546 e. The van der Waals surface area contributed by atoms with Crippen LogP contribution in [-0.2, 0) is 4.79 Å². The number of methoxy groups -OCH3 is 1. The molecule has 0 amide bonds. The number of hydrogen-bond donors (Lipinski definition) is 0. The van der Waals surface area contributed by atoms with Crippen LogP contribution in [0.2, 0.25) is 0 Å². The number of aliphatic carboxylic acids is 1. The van der Waals surface area contributed by atoms with Gasteiger partial charge in [0, 0.05) is 6.07 Å². The highest BCUT2D eigenvalue weighted by Crippen LogP contribution is 2.22. The number of rotatable bonds is 4. The van der Waals surface area contributed by atoms with Crippen LogP contribution in [0.5, 0.6) is 11.5 Å². The number of carboxylic acid groups (broad SMARTS) is 1. The molecule has 0 aliphatic carbocycles. The first kappa shape index (κ1) is 11.4. The molecule has 0 aliphatic rings. The molecule has 0 saturated heterocycles. The lowest BCUT2D eigenvalue weighted by Crippen LogP contribution is -2.47. The van der Waals surface area contributed by atoms with Gasteiger partial charge in [-0.25, -0.2) is 0 Å². The summed E-state index contributed by atoms with van der Waals surface area (Å²) in [6.45, 7) is 2.86. The van der Waals surface area contributed by atoms with Gasteiger partial charge in [0.15, 0.2) is 0 Å². The quantitative estimate of drug-likeness (QED) is 0.728. The van der Waals surface area contributed by atoms with Gasteiger partial charge in [0.2, 0.25) is 0 Å². The van der Waals surface area contributed by atoms with Gasteiger partial charge in [-0.2, -0.15) is 0 Å². The van der Waals surface area contributed by atoms with E-state index in [9.17, 15) is 9.90 Å². The molecule has 0 heterocycles. The van der Waals surface area contributed by atoms with Crippen LogP contribution in [0.4, 0.5) is 0 Å². The maximum absolute atomic E-state index is 10.7. The smallest absolute Gasteiger partial charge is 0.143 e. The third kappa shape index (κ3) is 2.87. The molecule has 0 N–H and O–H groups in total. The second kappa shape index (κ2) is 4.21. The summed E-state index contributed by atoms with van der Waals surface area (Å²) < 4.78 is 10.3. The van der Waals surface area contributed by atoms with Crippen molar-refractivity contribution in [2.24, 2.45) is 0 Å². The van der Waals surface area contributed by atoms with Gasteiger partial charge in [-0.1, -0.05) is 6.07 Å². The Morgan fingerprint density at radius 2 is 1.93 bits per heavy atom. The number of carbonyl (C=O) groups is 1. The summed E-state index contributed by atoms with van der Waals surface area (Å²) in [4.78, 5) is 10.7. The highest BCUT2D eigenvalue weighted by atomic mass is 16.5. The highest BCUT2D eigenvalue weighted by molar-refractivity contribution is 5.74. The number of carbonyl (C=O) groups excluding carboxylic acids is 1. The van der Waals surface area contributed by atoms with Crippen LogP contribution in [-0.4, -0.2) is 18.7 Å². The zero-order valence-electron chi connectivity index (χ0n) is 8.94. The summed E-state index contributed by atoms with van der Waals surface area (Å²) in [6, 6.07) is 6.75. The van der Waals surface area contributed by atoms with E-state index in [-0.39, 0.29) is 0 Å².